The van der Waals surface area contributed by atoms with E-state index in [1.165, 1.54) is 11.8 Å². The van der Waals surface area contributed by atoms with Crippen molar-refractivity contribution in [2.45, 2.75) is 9.92 Å². The van der Waals surface area contributed by atoms with Crippen LogP contribution in [-0.4, -0.2) is 10.1 Å². The standard InChI is InChI=1S/C12H10N4OS/c13-6-9-10(14)5-11(16-12(9)15)18-8-3-1-7(17)2-4-8/h1-5,17H,(H4,14,15,16). The van der Waals surface area contributed by atoms with E-state index >= 15 is 0 Å². The van der Waals surface area contributed by atoms with Gasteiger partial charge in [-0.3, -0.25) is 0 Å². The monoisotopic (exact) mass is 258 g/mol. The molecule has 0 fully saturated rings. The highest BCUT2D eigenvalue weighted by molar-refractivity contribution is 7.99. The van der Waals surface area contributed by atoms with Crippen molar-refractivity contribution in [3.63, 3.8) is 0 Å². The summed E-state index contributed by atoms with van der Waals surface area (Å²) in [6.45, 7) is 0. The van der Waals surface area contributed by atoms with E-state index in [2.05, 4.69) is 4.98 Å². The third-order valence-corrected chi connectivity index (χ3v) is 3.15. The smallest absolute Gasteiger partial charge is 0.144 e. The van der Waals surface area contributed by atoms with Crippen LogP contribution in [0, 0.1) is 11.3 Å². The van der Waals surface area contributed by atoms with Crippen molar-refractivity contribution >= 4 is 23.3 Å². The van der Waals surface area contributed by atoms with Crippen LogP contribution in [0.5, 0.6) is 5.75 Å². The van der Waals surface area contributed by atoms with E-state index in [4.69, 9.17) is 16.7 Å². The molecule has 0 spiro atoms. The fraction of sp³-hybridized carbons (Fsp3) is 0. The predicted octanol–water partition coefficient (Wildman–Crippen LogP) is 1.97. The molecule has 0 aliphatic heterocycles. The lowest BCUT2D eigenvalue weighted by molar-refractivity contribution is 0.475. The maximum Gasteiger partial charge on any atom is 0.144 e. The van der Waals surface area contributed by atoms with Crippen LogP contribution in [0.25, 0.3) is 0 Å². The quantitative estimate of drug-likeness (QED) is 0.759. The number of phenols is 1. The SMILES string of the molecule is N#Cc1c(N)cc(Sc2ccc(O)cc2)nc1N. The van der Waals surface area contributed by atoms with Gasteiger partial charge in [0.2, 0.25) is 0 Å². The van der Waals surface area contributed by atoms with Crippen molar-refractivity contribution < 1.29 is 5.11 Å². The molecule has 0 aliphatic carbocycles. The third kappa shape index (κ3) is 2.47. The minimum Gasteiger partial charge on any atom is -0.508 e. The number of nitrogens with two attached hydrogens (primary N) is 2. The Labute approximate surface area is 108 Å². The second-order valence-corrected chi connectivity index (χ2v) is 4.61. The Balaban J connectivity index is 2.31. The molecule has 0 atom stereocenters. The van der Waals surface area contributed by atoms with Crippen LogP contribution >= 0.6 is 11.8 Å². The predicted molar refractivity (Wildman–Crippen MR) is 70.0 cm³/mol. The fourth-order valence-corrected chi connectivity index (χ4v) is 2.21. The molecule has 90 valence electrons. The Kier molecular flexibility index (Phi) is 3.26. The first-order valence-electron chi connectivity index (χ1n) is 5.03. The highest BCUT2D eigenvalue weighted by Crippen LogP contribution is 2.30. The first-order chi connectivity index (χ1) is 8.60. The molecule has 1 aromatic carbocycles. The maximum absolute atomic E-state index is 9.18. The van der Waals surface area contributed by atoms with E-state index in [1.807, 2.05) is 6.07 Å². The first kappa shape index (κ1) is 12.1. The molecule has 6 heteroatoms. The van der Waals surface area contributed by atoms with Gasteiger partial charge in [0.1, 0.15) is 28.2 Å². The Morgan fingerprint density at radius 3 is 2.44 bits per heavy atom. The second-order valence-electron chi connectivity index (χ2n) is 3.52. The number of aromatic nitrogens is 1. The van der Waals surface area contributed by atoms with Crippen LogP contribution in [0.2, 0.25) is 0 Å². The average Bonchev–Trinajstić information content (AvgIpc) is 2.32. The molecule has 0 saturated carbocycles. The lowest BCUT2D eigenvalue weighted by Crippen LogP contribution is -2.00. The normalized spacial score (nSPS) is 9.94. The number of phenolic OH excluding ortho intramolecular Hbond substituents is 1. The molecule has 18 heavy (non-hydrogen) atoms. The number of hydrogen-bond donors (Lipinski definition) is 3. The van der Waals surface area contributed by atoms with Crippen LogP contribution in [0.15, 0.2) is 40.3 Å². The number of nitrogen functional groups attached to an aromatic ring is 2. The van der Waals surface area contributed by atoms with Crippen LogP contribution in [0.4, 0.5) is 11.5 Å². The number of aromatic hydroxyl groups is 1. The van der Waals surface area contributed by atoms with Crippen molar-refractivity contribution in [3.8, 4) is 11.8 Å². The number of nitriles is 1. The second kappa shape index (κ2) is 4.85. The molecular formula is C12H10N4OS. The molecule has 0 aliphatic rings. The summed E-state index contributed by atoms with van der Waals surface area (Å²) in [5.41, 5.74) is 11.9. The van der Waals surface area contributed by atoms with Gasteiger partial charge in [0.15, 0.2) is 0 Å². The van der Waals surface area contributed by atoms with Crippen LogP contribution in [0.1, 0.15) is 5.56 Å². The summed E-state index contributed by atoms with van der Waals surface area (Å²) in [5, 5.41) is 18.6. The zero-order valence-electron chi connectivity index (χ0n) is 9.29. The van der Waals surface area contributed by atoms with Gasteiger partial charge >= 0.3 is 0 Å². The molecule has 0 radical (unpaired) electrons. The lowest BCUT2D eigenvalue weighted by Gasteiger charge is -2.05. The van der Waals surface area contributed by atoms with Gasteiger partial charge in [0.25, 0.3) is 0 Å². The van der Waals surface area contributed by atoms with Gasteiger partial charge in [-0.2, -0.15) is 5.26 Å². The minimum atomic E-state index is 0.124. The highest BCUT2D eigenvalue weighted by Gasteiger charge is 2.08. The zero-order chi connectivity index (χ0) is 13.1. The molecule has 0 amide bonds. The summed E-state index contributed by atoms with van der Waals surface area (Å²) in [5.74, 6) is 0.324. The zero-order valence-corrected chi connectivity index (χ0v) is 10.1. The summed E-state index contributed by atoms with van der Waals surface area (Å²) in [6, 6.07) is 10.2. The summed E-state index contributed by atoms with van der Waals surface area (Å²) in [7, 11) is 0. The van der Waals surface area contributed by atoms with Gasteiger partial charge in [0, 0.05) is 4.90 Å². The molecule has 5 N–H and O–H groups in total. The molecule has 0 bridgehead atoms. The summed E-state index contributed by atoms with van der Waals surface area (Å²) in [6.07, 6.45) is 0. The van der Waals surface area contributed by atoms with Gasteiger partial charge in [-0.1, -0.05) is 11.8 Å². The number of nitrogens with zero attached hydrogens (tertiary/aromatic N) is 2. The Morgan fingerprint density at radius 1 is 1.22 bits per heavy atom. The summed E-state index contributed by atoms with van der Waals surface area (Å²) in [4.78, 5) is 4.99. The van der Waals surface area contributed by atoms with E-state index in [-0.39, 0.29) is 17.1 Å². The maximum atomic E-state index is 9.18. The lowest BCUT2D eigenvalue weighted by atomic mass is 10.2. The molecule has 2 rings (SSSR count). The van der Waals surface area contributed by atoms with Crippen LogP contribution in [0.3, 0.4) is 0 Å². The van der Waals surface area contributed by atoms with E-state index in [9.17, 15) is 5.11 Å². The number of anilines is 2. The largest absolute Gasteiger partial charge is 0.508 e. The number of pyridine rings is 1. The number of rotatable bonds is 2. The Hall–Kier alpha value is -2.39. The fourth-order valence-electron chi connectivity index (χ4n) is 1.37. The Bertz CT molecular complexity index is 596. The molecule has 1 heterocycles. The molecule has 5 nitrogen and oxygen atoms in total. The van der Waals surface area contributed by atoms with Crippen LogP contribution in [-0.2, 0) is 0 Å². The van der Waals surface area contributed by atoms with E-state index in [0.717, 1.165) is 4.90 Å². The van der Waals surface area contributed by atoms with Gasteiger partial charge in [-0.05, 0) is 30.3 Å². The topological polar surface area (TPSA) is 109 Å². The highest BCUT2D eigenvalue weighted by atomic mass is 32.2. The molecule has 0 unspecified atom stereocenters. The number of hydrogen-bond acceptors (Lipinski definition) is 6. The van der Waals surface area contributed by atoms with Gasteiger partial charge in [-0.25, -0.2) is 4.98 Å². The van der Waals surface area contributed by atoms with E-state index in [0.29, 0.717) is 10.7 Å². The number of benzene rings is 1. The van der Waals surface area contributed by atoms with Crippen molar-refractivity contribution in [3.05, 3.63) is 35.9 Å². The van der Waals surface area contributed by atoms with Crippen molar-refractivity contribution in [1.29, 1.82) is 5.26 Å². The van der Waals surface area contributed by atoms with E-state index < -0.39 is 0 Å². The van der Waals surface area contributed by atoms with E-state index in [1.54, 1.807) is 30.3 Å². The molecule has 2 aromatic rings. The van der Waals surface area contributed by atoms with Gasteiger partial charge < -0.3 is 16.6 Å². The Morgan fingerprint density at radius 2 is 1.89 bits per heavy atom. The molecule has 1 aromatic heterocycles. The van der Waals surface area contributed by atoms with Gasteiger partial charge in [-0.15, -0.1) is 0 Å². The summed E-state index contributed by atoms with van der Waals surface area (Å²) >= 11 is 1.35. The third-order valence-electron chi connectivity index (χ3n) is 2.23. The van der Waals surface area contributed by atoms with Crippen molar-refractivity contribution in [2.24, 2.45) is 0 Å². The van der Waals surface area contributed by atoms with Crippen LogP contribution < -0.4 is 11.5 Å². The molecule has 0 saturated heterocycles. The average molecular weight is 258 g/mol. The molecular weight excluding hydrogens is 248 g/mol. The van der Waals surface area contributed by atoms with Crippen molar-refractivity contribution in [2.75, 3.05) is 11.5 Å². The first-order valence-corrected chi connectivity index (χ1v) is 5.85. The minimum absolute atomic E-state index is 0.124. The van der Waals surface area contributed by atoms with Crippen molar-refractivity contribution in [1.82, 2.24) is 4.98 Å². The van der Waals surface area contributed by atoms with Gasteiger partial charge in [0.05, 0.1) is 5.69 Å². The summed E-state index contributed by atoms with van der Waals surface area (Å²) < 4.78 is 0.